The molecular formula is C48H56Cl2N10O7. The monoisotopic (exact) mass is 954 g/mol. The number of halogens is 2. The van der Waals surface area contributed by atoms with Crippen LogP contribution in [-0.2, 0) is 25.8 Å². The second-order valence-electron chi connectivity index (χ2n) is 16.8. The number of nitrogens with zero attached hydrogens (tertiary/aromatic N) is 6. The number of benzene rings is 2. The van der Waals surface area contributed by atoms with Crippen molar-refractivity contribution in [2.45, 2.75) is 59.1 Å². The van der Waals surface area contributed by atoms with Crippen molar-refractivity contribution in [3.8, 4) is 5.75 Å². The third kappa shape index (κ3) is 11.2. The molecule has 1 unspecified atom stereocenters. The Bertz CT molecular complexity index is 2470. The Kier molecular flexibility index (Phi) is 16.7. The smallest absolute Gasteiger partial charge is 0.264 e. The molecule has 19 heteroatoms. The first-order valence-corrected chi connectivity index (χ1v) is 23.0. The zero-order valence-electron chi connectivity index (χ0n) is 38.0. The van der Waals surface area contributed by atoms with Gasteiger partial charge >= 0.3 is 0 Å². The largest absolute Gasteiger partial charge is 0.489 e. The number of ether oxygens (including phenoxy) is 1. The molecule has 354 valence electrons. The molecule has 8 rings (SSSR count). The highest BCUT2D eigenvalue weighted by molar-refractivity contribution is 6.35. The van der Waals surface area contributed by atoms with Gasteiger partial charge in [-0.3, -0.25) is 44.6 Å². The standard InChI is InChI=1S/C24H24Cl2N6O.C22H26N4O6.C2H6/c1-31-11-24(12-31)13-32(14-24)22-5-2-15(7-30-22)23(28)17-6-16(3-4-21(17)27)33-10-18-19(25)8-29-9-20(18)26;1-2-4-17(20(30)24-13-28)26-21(31)15-5-3-6-16(19(15)22(26)32)23-11-18(29)25-9-7-14(12-27)8-10-25;1-2/h2-9,28H,10-14,27H2,1H3;3,5-6,12-14,17,23H,2,4,7-11H2,1H3,(H,24,28,30);1-2H3. The molecule has 1 atom stereocenters. The number of fused-ring (bicyclic) bond motifs is 1. The lowest BCUT2D eigenvalue weighted by atomic mass is 9.73. The van der Waals surface area contributed by atoms with Crippen molar-refractivity contribution >= 4 is 82.4 Å². The van der Waals surface area contributed by atoms with Crippen molar-refractivity contribution < 1.29 is 33.5 Å². The minimum absolute atomic E-state index is 0.0218. The molecule has 3 fully saturated rings. The molecule has 5 N–H and O–H groups in total. The maximum atomic E-state index is 13.1. The molecule has 0 bridgehead atoms. The topological polar surface area (TPSA) is 224 Å². The van der Waals surface area contributed by atoms with E-state index in [1.54, 1.807) is 48.4 Å². The van der Waals surface area contributed by atoms with Gasteiger partial charge in [0, 0.05) is 97.3 Å². The number of anilines is 3. The number of carbonyl (C=O) groups excluding carboxylic acids is 6. The fraction of sp³-hybridized carbons (Fsp3) is 0.396. The van der Waals surface area contributed by atoms with Gasteiger partial charge in [0.25, 0.3) is 11.8 Å². The number of nitrogens with two attached hydrogens (primary N) is 1. The van der Waals surface area contributed by atoms with Crippen LogP contribution in [0.25, 0.3) is 0 Å². The van der Waals surface area contributed by atoms with Gasteiger partial charge in [-0.25, -0.2) is 4.98 Å². The maximum Gasteiger partial charge on any atom is 0.264 e. The first kappa shape index (κ1) is 50.0. The number of likely N-dealkylation sites (tertiary alicyclic amines) is 2. The van der Waals surface area contributed by atoms with Gasteiger partial charge in [-0.2, -0.15) is 0 Å². The van der Waals surface area contributed by atoms with Crippen molar-refractivity contribution in [3.63, 3.8) is 0 Å². The van der Waals surface area contributed by atoms with Crippen LogP contribution < -0.4 is 26.0 Å². The van der Waals surface area contributed by atoms with Crippen LogP contribution in [0.15, 0.2) is 67.1 Å². The van der Waals surface area contributed by atoms with E-state index in [-0.39, 0.29) is 54.6 Å². The van der Waals surface area contributed by atoms with E-state index in [0.717, 1.165) is 43.2 Å². The number of aldehydes is 1. The molecule has 4 aliphatic heterocycles. The lowest BCUT2D eigenvalue weighted by molar-refractivity contribution is -0.131. The maximum absolute atomic E-state index is 13.1. The molecule has 67 heavy (non-hydrogen) atoms. The number of pyridine rings is 2. The number of hydrogen-bond acceptors (Lipinski definition) is 14. The zero-order chi connectivity index (χ0) is 48.4. The Morgan fingerprint density at radius 3 is 2.30 bits per heavy atom. The SMILES string of the molecule is CC.CCCC(C(=O)NC=O)N1C(=O)c2cccc(NCC(=O)N3CCC(C=O)CC3)c2C1=O.CN1CC2(C1)CN(c1ccc(C(=N)c3cc(OCc4c(Cl)cncc4Cl)ccc3N)cn1)C2. The lowest BCUT2D eigenvalue weighted by Gasteiger charge is -2.59. The normalized spacial score (nSPS) is 16.5. The minimum atomic E-state index is -1.11. The molecule has 0 saturated carbocycles. The van der Waals surface area contributed by atoms with Gasteiger partial charge in [0.05, 0.1) is 33.4 Å². The van der Waals surface area contributed by atoms with Gasteiger partial charge < -0.3 is 35.3 Å². The Balaban J connectivity index is 0.000000213. The third-order valence-electron chi connectivity index (χ3n) is 12.1. The van der Waals surface area contributed by atoms with Crippen LogP contribution in [0, 0.1) is 16.7 Å². The van der Waals surface area contributed by atoms with Gasteiger partial charge in [0.2, 0.25) is 18.2 Å². The summed E-state index contributed by atoms with van der Waals surface area (Å²) in [5.74, 6) is -0.667. The van der Waals surface area contributed by atoms with Crippen LogP contribution in [0.5, 0.6) is 5.75 Å². The average molecular weight is 956 g/mol. The Morgan fingerprint density at radius 1 is 0.985 bits per heavy atom. The lowest BCUT2D eigenvalue weighted by Crippen LogP contribution is -2.71. The number of nitrogens with one attached hydrogen (secondary N) is 3. The number of aromatic nitrogens is 2. The number of nitrogen functional groups attached to an aromatic ring is 1. The van der Waals surface area contributed by atoms with Crippen molar-refractivity contribution in [1.29, 1.82) is 5.41 Å². The fourth-order valence-electron chi connectivity index (χ4n) is 8.78. The number of imide groups is 2. The fourth-order valence-corrected chi connectivity index (χ4v) is 9.25. The molecule has 4 aliphatic rings. The van der Waals surface area contributed by atoms with Gasteiger partial charge in [-0.05, 0) is 68.8 Å². The van der Waals surface area contributed by atoms with E-state index in [1.165, 1.54) is 18.5 Å². The van der Waals surface area contributed by atoms with Crippen molar-refractivity contribution in [2.24, 2.45) is 11.3 Å². The molecule has 4 aromatic rings. The molecule has 17 nitrogen and oxygen atoms in total. The van der Waals surface area contributed by atoms with Crippen molar-refractivity contribution in [3.05, 3.63) is 105 Å². The Morgan fingerprint density at radius 2 is 1.69 bits per heavy atom. The summed E-state index contributed by atoms with van der Waals surface area (Å²) in [6.45, 7) is 11.3. The van der Waals surface area contributed by atoms with Crippen LogP contribution in [0.4, 0.5) is 17.2 Å². The number of piperidine rings is 1. The second kappa shape index (κ2) is 22.4. The summed E-state index contributed by atoms with van der Waals surface area (Å²) in [5, 5.41) is 14.5. The van der Waals surface area contributed by atoms with Gasteiger partial charge in [-0.15, -0.1) is 0 Å². The third-order valence-corrected chi connectivity index (χ3v) is 12.7. The quantitative estimate of drug-likeness (QED) is 0.0486. The zero-order valence-corrected chi connectivity index (χ0v) is 39.5. The second-order valence-corrected chi connectivity index (χ2v) is 17.6. The summed E-state index contributed by atoms with van der Waals surface area (Å²) in [5.41, 5.74) is 9.90. The van der Waals surface area contributed by atoms with E-state index < -0.39 is 23.8 Å². The van der Waals surface area contributed by atoms with E-state index >= 15 is 0 Å². The number of amides is 5. The van der Waals surface area contributed by atoms with Gasteiger partial charge in [0.15, 0.2) is 0 Å². The predicted molar refractivity (Wildman–Crippen MR) is 257 cm³/mol. The van der Waals surface area contributed by atoms with Crippen LogP contribution in [0.3, 0.4) is 0 Å². The first-order chi connectivity index (χ1) is 32.3. The molecular weight excluding hydrogens is 899 g/mol. The summed E-state index contributed by atoms with van der Waals surface area (Å²) in [4.78, 5) is 88.3. The van der Waals surface area contributed by atoms with E-state index in [4.69, 9.17) is 39.1 Å². The molecule has 2 aromatic heterocycles. The molecule has 1 spiro atoms. The number of carbonyl (C=O) groups is 6. The van der Waals surface area contributed by atoms with Crippen LogP contribution in [0.1, 0.15) is 83.9 Å². The summed E-state index contributed by atoms with van der Waals surface area (Å²) >= 11 is 12.3. The van der Waals surface area contributed by atoms with E-state index in [1.807, 2.05) is 31.3 Å². The summed E-state index contributed by atoms with van der Waals surface area (Å²) in [7, 11) is 2.15. The Labute approximate surface area is 399 Å². The molecule has 3 saturated heterocycles. The van der Waals surface area contributed by atoms with E-state index in [0.29, 0.717) is 81.6 Å². The summed E-state index contributed by atoms with van der Waals surface area (Å²) in [6.07, 6.45) is 7.91. The van der Waals surface area contributed by atoms with Crippen LogP contribution in [-0.4, -0.2) is 126 Å². The van der Waals surface area contributed by atoms with Crippen LogP contribution in [0.2, 0.25) is 10.0 Å². The predicted octanol–water partition coefficient (Wildman–Crippen LogP) is 5.71. The highest BCUT2D eigenvalue weighted by atomic mass is 35.5. The van der Waals surface area contributed by atoms with Gasteiger partial charge in [-0.1, -0.05) is 56.5 Å². The number of hydrogen-bond donors (Lipinski definition) is 4. The van der Waals surface area contributed by atoms with Gasteiger partial charge in [0.1, 0.15) is 30.5 Å². The Hall–Kier alpha value is -6.43. The highest BCUT2D eigenvalue weighted by Gasteiger charge is 2.50. The van der Waals surface area contributed by atoms with Crippen LogP contribution >= 0.6 is 23.2 Å². The van der Waals surface area contributed by atoms with Crippen molar-refractivity contribution in [2.75, 3.05) is 68.8 Å². The first-order valence-electron chi connectivity index (χ1n) is 22.3. The highest BCUT2D eigenvalue weighted by Crippen LogP contribution is 2.40. The van der Waals surface area contributed by atoms with Crippen molar-refractivity contribution in [1.82, 2.24) is 30.0 Å². The molecule has 0 radical (unpaired) electrons. The van der Waals surface area contributed by atoms with E-state index in [2.05, 4.69) is 32.1 Å². The molecule has 5 amide bonds. The summed E-state index contributed by atoms with van der Waals surface area (Å²) < 4.78 is 5.88. The average Bonchev–Trinajstić information content (AvgIpc) is 3.57. The summed E-state index contributed by atoms with van der Waals surface area (Å²) in [6, 6.07) is 12.7. The molecule has 6 heterocycles. The number of rotatable bonds is 15. The minimum Gasteiger partial charge on any atom is -0.489 e. The van der Waals surface area contributed by atoms with E-state index in [9.17, 15) is 28.8 Å². The molecule has 0 aliphatic carbocycles. The molecule has 2 aromatic carbocycles.